The number of amides is 1. The highest BCUT2D eigenvalue weighted by Gasteiger charge is 2.54. The number of para-hydroxylation sites is 1. The Bertz CT molecular complexity index is 624. The Morgan fingerprint density at radius 3 is 2.73 bits per heavy atom. The maximum atomic E-state index is 10.6. The molecule has 3 rings (SSSR count). The molecule has 22 heavy (non-hydrogen) atoms. The molecule has 0 unspecified atom stereocenters. The number of hydrogen-bond donors (Lipinski definition) is 2. The van der Waals surface area contributed by atoms with Crippen LogP contribution in [0.2, 0.25) is 0 Å². The van der Waals surface area contributed by atoms with Gasteiger partial charge in [0.25, 0.3) is 0 Å². The third-order valence-electron chi connectivity index (χ3n) is 4.61. The number of carbonyl (C=O) groups is 1. The van der Waals surface area contributed by atoms with E-state index in [0.717, 1.165) is 25.7 Å². The van der Waals surface area contributed by atoms with Crippen molar-refractivity contribution in [1.29, 1.82) is 5.26 Å². The van der Waals surface area contributed by atoms with Crippen LogP contribution in [0.1, 0.15) is 31.2 Å². The lowest BCUT2D eigenvalue weighted by Crippen LogP contribution is -2.58. The number of ether oxygens (including phenoxy) is 2. The van der Waals surface area contributed by atoms with Gasteiger partial charge in [-0.15, -0.1) is 0 Å². The van der Waals surface area contributed by atoms with Crippen LogP contribution < -0.4 is 14.8 Å². The summed E-state index contributed by atoms with van der Waals surface area (Å²) in [6.07, 6.45) is 2.64. The summed E-state index contributed by atoms with van der Waals surface area (Å²) >= 11 is 0. The summed E-state index contributed by atoms with van der Waals surface area (Å²) in [6, 6.07) is 7.44. The number of hydrogen-bond acceptors (Lipinski definition) is 4. The van der Waals surface area contributed by atoms with E-state index in [0.29, 0.717) is 17.1 Å². The Morgan fingerprint density at radius 1 is 1.41 bits per heavy atom. The molecule has 2 fully saturated rings. The molecule has 2 aliphatic carbocycles. The first-order valence-electron chi connectivity index (χ1n) is 7.28. The van der Waals surface area contributed by atoms with Crippen LogP contribution in [-0.2, 0) is 0 Å². The van der Waals surface area contributed by atoms with E-state index in [1.54, 1.807) is 25.3 Å². The lowest BCUT2D eigenvalue weighted by Gasteiger charge is -2.57. The summed E-state index contributed by atoms with van der Waals surface area (Å²) in [5.41, 5.74) is 0.686. The summed E-state index contributed by atoms with van der Waals surface area (Å²) in [7, 11) is 1.56. The molecule has 0 aromatic heterocycles. The van der Waals surface area contributed by atoms with Gasteiger partial charge < -0.3 is 19.9 Å². The molecule has 0 radical (unpaired) electrons. The van der Waals surface area contributed by atoms with Gasteiger partial charge in [-0.1, -0.05) is 6.07 Å². The highest BCUT2D eigenvalue weighted by Crippen LogP contribution is 2.57. The second kappa shape index (κ2) is 5.41. The Morgan fingerprint density at radius 2 is 2.14 bits per heavy atom. The lowest BCUT2D eigenvalue weighted by atomic mass is 9.53. The number of nitrogens with zero attached hydrogens (tertiary/aromatic N) is 1. The van der Waals surface area contributed by atoms with Crippen molar-refractivity contribution in [3.63, 3.8) is 0 Å². The molecule has 1 aromatic rings. The van der Waals surface area contributed by atoms with Gasteiger partial charge in [0.1, 0.15) is 12.2 Å². The van der Waals surface area contributed by atoms with Gasteiger partial charge in [-0.3, -0.25) is 0 Å². The zero-order valence-corrected chi connectivity index (χ0v) is 12.3. The lowest BCUT2D eigenvalue weighted by molar-refractivity contribution is -0.0843. The van der Waals surface area contributed by atoms with Crippen molar-refractivity contribution < 1.29 is 19.4 Å². The van der Waals surface area contributed by atoms with E-state index in [4.69, 9.17) is 14.6 Å². The predicted octanol–water partition coefficient (Wildman–Crippen LogP) is 2.52. The van der Waals surface area contributed by atoms with Crippen molar-refractivity contribution in [3.05, 3.63) is 23.8 Å². The van der Waals surface area contributed by atoms with E-state index in [2.05, 4.69) is 11.4 Å². The minimum atomic E-state index is -0.959. The van der Waals surface area contributed by atoms with E-state index in [1.807, 2.05) is 0 Å². The summed E-state index contributed by atoms with van der Waals surface area (Å²) in [4.78, 5) is 10.6. The van der Waals surface area contributed by atoms with Gasteiger partial charge in [0, 0.05) is 6.04 Å². The van der Waals surface area contributed by atoms with Crippen LogP contribution in [-0.4, -0.2) is 30.5 Å². The molecule has 0 aliphatic heterocycles. The number of rotatable bonds is 4. The first kappa shape index (κ1) is 14.5. The molecule has 1 aromatic carbocycles. The van der Waals surface area contributed by atoms with Crippen molar-refractivity contribution in [3.8, 4) is 17.6 Å². The zero-order chi connectivity index (χ0) is 15.7. The summed E-state index contributed by atoms with van der Waals surface area (Å²) in [5.74, 6) is 1.07. The maximum absolute atomic E-state index is 10.6. The predicted molar refractivity (Wildman–Crippen MR) is 78.0 cm³/mol. The SMILES string of the molecule is COc1cccc(C#N)c1OC1CC2(CC(NC(=O)O)C2)C1. The molecule has 0 heterocycles. The fourth-order valence-electron chi connectivity index (χ4n) is 3.64. The van der Waals surface area contributed by atoms with Gasteiger partial charge in [-0.2, -0.15) is 5.26 Å². The van der Waals surface area contributed by atoms with Gasteiger partial charge in [-0.25, -0.2) is 4.79 Å². The molecular formula is C16H18N2O4. The van der Waals surface area contributed by atoms with E-state index in [-0.39, 0.29) is 17.6 Å². The van der Waals surface area contributed by atoms with Crippen molar-refractivity contribution in [1.82, 2.24) is 5.32 Å². The van der Waals surface area contributed by atoms with E-state index < -0.39 is 6.09 Å². The highest BCUT2D eigenvalue weighted by molar-refractivity contribution is 5.65. The van der Waals surface area contributed by atoms with E-state index in [1.165, 1.54) is 0 Å². The number of nitrogens with one attached hydrogen (secondary N) is 1. The topological polar surface area (TPSA) is 91.6 Å². The summed E-state index contributed by atoms with van der Waals surface area (Å²) < 4.78 is 11.2. The number of benzene rings is 1. The zero-order valence-electron chi connectivity index (χ0n) is 12.3. The minimum Gasteiger partial charge on any atom is -0.493 e. The molecule has 2 N–H and O–H groups in total. The van der Waals surface area contributed by atoms with Gasteiger partial charge in [-0.05, 0) is 43.2 Å². The van der Waals surface area contributed by atoms with Crippen LogP contribution in [0.15, 0.2) is 18.2 Å². The Kier molecular flexibility index (Phi) is 3.57. The second-order valence-electron chi connectivity index (χ2n) is 6.15. The smallest absolute Gasteiger partial charge is 0.404 e. The van der Waals surface area contributed by atoms with E-state index in [9.17, 15) is 10.1 Å². The molecule has 1 amide bonds. The van der Waals surface area contributed by atoms with Gasteiger partial charge in [0.15, 0.2) is 11.5 Å². The number of methoxy groups -OCH3 is 1. The molecule has 1 spiro atoms. The van der Waals surface area contributed by atoms with Crippen LogP contribution in [0.5, 0.6) is 11.5 Å². The summed E-state index contributed by atoms with van der Waals surface area (Å²) in [5, 5.41) is 20.4. The molecule has 0 saturated heterocycles. The first-order valence-corrected chi connectivity index (χ1v) is 7.28. The Labute approximate surface area is 128 Å². The van der Waals surface area contributed by atoms with Gasteiger partial charge in [0.2, 0.25) is 0 Å². The molecule has 116 valence electrons. The minimum absolute atomic E-state index is 0.0641. The standard InChI is InChI=1S/C16H18N2O4/c1-21-13-4-2-3-10(9-17)14(13)22-12-7-16(8-12)5-11(6-16)18-15(19)20/h2-4,11-12,18H,5-8H2,1H3,(H,19,20). The quantitative estimate of drug-likeness (QED) is 0.891. The van der Waals surface area contributed by atoms with Crippen LogP contribution in [0.25, 0.3) is 0 Å². The monoisotopic (exact) mass is 302 g/mol. The average Bonchev–Trinajstić information content (AvgIpc) is 2.42. The van der Waals surface area contributed by atoms with Crippen molar-refractivity contribution in [2.45, 2.75) is 37.8 Å². The van der Waals surface area contributed by atoms with Crippen molar-refractivity contribution in [2.24, 2.45) is 5.41 Å². The Balaban J connectivity index is 1.58. The van der Waals surface area contributed by atoms with Crippen LogP contribution in [0.4, 0.5) is 4.79 Å². The normalized spacial score (nSPS) is 28.9. The largest absolute Gasteiger partial charge is 0.493 e. The first-order chi connectivity index (χ1) is 10.5. The van der Waals surface area contributed by atoms with Crippen LogP contribution in [0, 0.1) is 16.7 Å². The van der Waals surface area contributed by atoms with Gasteiger partial charge >= 0.3 is 6.09 Å². The summed E-state index contributed by atoms with van der Waals surface area (Å²) in [6.45, 7) is 0. The van der Waals surface area contributed by atoms with Crippen molar-refractivity contribution >= 4 is 6.09 Å². The third kappa shape index (κ3) is 2.54. The molecule has 0 atom stereocenters. The molecule has 2 aliphatic rings. The Hall–Kier alpha value is -2.42. The van der Waals surface area contributed by atoms with Crippen molar-refractivity contribution in [2.75, 3.05) is 7.11 Å². The van der Waals surface area contributed by atoms with Crippen LogP contribution >= 0.6 is 0 Å². The second-order valence-corrected chi connectivity index (χ2v) is 6.15. The van der Waals surface area contributed by atoms with E-state index >= 15 is 0 Å². The molecule has 6 nitrogen and oxygen atoms in total. The number of carboxylic acid groups (broad SMARTS) is 1. The maximum Gasteiger partial charge on any atom is 0.404 e. The van der Waals surface area contributed by atoms with Gasteiger partial charge in [0.05, 0.1) is 12.7 Å². The molecule has 6 heteroatoms. The third-order valence-corrected chi connectivity index (χ3v) is 4.61. The molecule has 2 saturated carbocycles. The molecular weight excluding hydrogens is 284 g/mol. The fourth-order valence-corrected chi connectivity index (χ4v) is 3.64. The average molecular weight is 302 g/mol. The fraction of sp³-hybridized carbons (Fsp3) is 0.500. The van der Waals surface area contributed by atoms with Crippen LogP contribution in [0.3, 0.4) is 0 Å². The number of nitriles is 1. The highest BCUT2D eigenvalue weighted by atomic mass is 16.5. The molecule has 0 bridgehead atoms.